The van der Waals surface area contributed by atoms with Crippen molar-refractivity contribution in [3.8, 4) is 5.75 Å². The lowest BCUT2D eigenvalue weighted by Gasteiger charge is -2.33. The predicted octanol–water partition coefficient (Wildman–Crippen LogP) is -5.50. The van der Waals surface area contributed by atoms with Crippen LogP contribution in [-0.4, -0.2) is 257 Å². The molecular weight excluding hydrogens is 1570 g/mol. The number of carbonyl (C=O) groups excluding carboxylic acids is 14. The van der Waals surface area contributed by atoms with Gasteiger partial charge in [-0.2, -0.15) is 0 Å². The summed E-state index contributed by atoms with van der Waals surface area (Å²) in [6, 6.07) is 0.809. The molecule has 0 spiro atoms. The van der Waals surface area contributed by atoms with Crippen LogP contribution in [0.2, 0.25) is 0 Å². The largest absolute Gasteiger partial charge is 0.508 e. The van der Waals surface area contributed by atoms with Gasteiger partial charge in [0.2, 0.25) is 82.7 Å². The van der Waals surface area contributed by atoms with Gasteiger partial charge in [-0.05, 0) is 72.6 Å². The number of guanidine groups is 2. The number of primary amides is 1. The summed E-state index contributed by atoms with van der Waals surface area (Å²) in [5, 5.41) is 74.5. The van der Waals surface area contributed by atoms with Crippen molar-refractivity contribution in [3.05, 3.63) is 133 Å². The van der Waals surface area contributed by atoms with Gasteiger partial charge in [0.15, 0.2) is 11.9 Å². The molecule has 11 unspecified atom stereocenters. The van der Waals surface area contributed by atoms with Crippen LogP contribution in [0.15, 0.2) is 104 Å². The minimum absolute atomic E-state index is 0.000965. The molecule has 1 aliphatic rings. The van der Waals surface area contributed by atoms with Gasteiger partial charge in [0.1, 0.15) is 72.2 Å². The van der Waals surface area contributed by atoms with Gasteiger partial charge >= 0.3 is 0 Å². The Morgan fingerprint density at radius 3 is 1.65 bits per heavy atom. The summed E-state index contributed by atoms with van der Waals surface area (Å²) < 4.78 is 1.53. The Kier molecular flexibility index (Phi) is 36.8. The third-order valence-electron chi connectivity index (χ3n) is 19.2. The van der Waals surface area contributed by atoms with Crippen LogP contribution in [0, 0.1) is 10.8 Å². The molecule has 6 aromatic rings. The monoisotopic (exact) mass is 1670 g/mol. The minimum Gasteiger partial charge on any atom is -0.508 e. The molecule has 0 saturated carbocycles. The number of aliphatic hydroxyl groups excluding tert-OH is 1. The number of unbranched alkanes of at least 4 members (excludes halogenated alkanes) is 1. The number of hydrogen-bond donors (Lipinski definition) is 23. The highest BCUT2D eigenvalue weighted by atomic mass is 32.2. The van der Waals surface area contributed by atoms with E-state index in [4.69, 9.17) is 28.0 Å². The summed E-state index contributed by atoms with van der Waals surface area (Å²) in [5.74, 6) is -15.3. The van der Waals surface area contributed by atoms with E-state index in [0.717, 1.165) is 22.0 Å². The van der Waals surface area contributed by atoms with Crippen LogP contribution in [0.3, 0.4) is 0 Å². The molecule has 1 aliphatic heterocycles. The van der Waals surface area contributed by atoms with E-state index in [0.29, 0.717) is 35.0 Å². The van der Waals surface area contributed by atoms with Crippen LogP contribution >= 0.6 is 11.8 Å². The number of nitrogens with two attached hydrogens (primary N) is 3. The van der Waals surface area contributed by atoms with Crippen molar-refractivity contribution >= 4 is 117 Å². The second kappa shape index (κ2) is 47.1. The Hall–Kier alpha value is -13.2. The van der Waals surface area contributed by atoms with Gasteiger partial charge < -0.3 is 121 Å². The fourth-order valence-corrected chi connectivity index (χ4v) is 13.6. The number of benzene rings is 3. The lowest BCUT2D eigenvalue weighted by Crippen LogP contribution is -2.61. The molecule has 4 heterocycles. The molecule has 3 aromatic carbocycles. The van der Waals surface area contributed by atoms with Gasteiger partial charge in [0.05, 0.1) is 55.8 Å². The quantitative estimate of drug-likeness (QED) is 0.0137. The summed E-state index contributed by atoms with van der Waals surface area (Å²) in [6.07, 6.45) is 7.17. The average Bonchev–Trinajstić information content (AvgIpc) is 1.21. The highest BCUT2D eigenvalue weighted by Crippen LogP contribution is 2.22. The zero-order valence-electron chi connectivity index (χ0n) is 66.3. The molecule has 26 N–H and O–H groups in total. The number of H-pyrrole nitrogens is 2. The fourth-order valence-electron chi connectivity index (χ4n) is 12.7. The van der Waals surface area contributed by atoms with Crippen LogP contribution in [0.1, 0.15) is 93.4 Å². The van der Waals surface area contributed by atoms with Crippen molar-refractivity contribution in [2.75, 3.05) is 51.3 Å². The molecule has 1 saturated heterocycles. The number of imidazole rings is 3. The Bertz CT molecular complexity index is 4490. The first-order chi connectivity index (χ1) is 56.9. The number of thioether (sulfide) groups is 1. The standard InChI is InChI=1S/C76H106N26O16S/c1-5-7-17-51-67(111)93-50(6-2)66(110)96-54(27-44-15-10-14-43-13-8-9-16-49(43)44)69(113)97-55(28-45-31-82-39-89-45)64(108)88-35-62(106)92-58(36-103)72(116)95-53(19-12-25-86-76(80)81)74(118)102(4)60(26-42-20-22-48(104)23-21-42)73(117)99-56(29-46-32-83-40-90-46)70(114)94-52(18-11-24-85-75(78)79)68(112)98-57(30-47-33-84-41-101(47)3)71(115)100-59(37-119-38-63(107)91-51)65(109)87-34-61(77)105/h8-10,13-16,20-23,31-33,39-41,50-60,103-104H,5-7,11-12,17-19,24-30,34-38H2,1-4H3,(H2,77,105)(H,82,89)(H,83,90)(H,87,109)(H,88,108)(H,91,107)(H,92,106)(H,93,111)(H,94,114)(H,95,116)(H,96,110)(H,97,113)(H,98,112)(H,99,117)(H,100,115)(H4,78,79,85)(H4,80,81,86). The number of likely N-dealkylation sites (N-methyl/N-ethyl adjacent to an activating group) is 1. The van der Waals surface area contributed by atoms with Gasteiger partial charge in [-0.15, -0.1) is 11.8 Å². The molecule has 0 radical (unpaired) electrons. The number of carbonyl (C=O) groups is 14. The number of hydrogen-bond acceptors (Lipinski definition) is 22. The predicted molar refractivity (Wildman–Crippen MR) is 435 cm³/mol. The summed E-state index contributed by atoms with van der Waals surface area (Å²) in [7, 11) is 2.81. The van der Waals surface area contributed by atoms with Crippen LogP contribution < -0.4 is 91.6 Å². The Morgan fingerprint density at radius 1 is 0.555 bits per heavy atom. The van der Waals surface area contributed by atoms with Crippen molar-refractivity contribution in [1.29, 1.82) is 10.8 Å². The number of nitrogens with one attached hydrogen (secondary N) is 18. The minimum atomic E-state index is -1.85. The Labute approximate surface area is 688 Å². The summed E-state index contributed by atoms with van der Waals surface area (Å²) >= 11 is 0.814. The topological polar surface area (TPSA) is 652 Å². The third-order valence-corrected chi connectivity index (χ3v) is 20.2. The lowest BCUT2D eigenvalue weighted by molar-refractivity contribution is -0.143. The summed E-state index contributed by atoms with van der Waals surface area (Å²) in [5.41, 5.74) is 18.4. The third kappa shape index (κ3) is 30.1. The normalized spacial score (nSPS) is 22.0. The van der Waals surface area contributed by atoms with E-state index >= 15 is 19.2 Å². The average molecular weight is 1670 g/mol. The highest BCUT2D eigenvalue weighted by molar-refractivity contribution is 8.00. The van der Waals surface area contributed by atoms with Crippen LogP contribution in [-0.2, 0) is 106 Å². The first-order valence-electron chi connectivity index (χ1n) is 38.6. The summed E-state index contributed by atoms with van der Waals surface area (Å²) in [6.45, 7) is 0.668. The van der Waals surface area contributed by atoms with E-state index in [1.807, 2.05) is 31.2 Å². The lowest BCUT2D eigenvalue weighted by atomic mass is 9.97. The fraction of sp³-hybridized carbons (Fsp3) is 0.461. The number of aromatic hydroxyl groups is 1. The van der Waals surface area contributed by atoms with Gasteiger partial charge in [0.25, 0.3) is 0 Å². The number of phenols is 1. The molecule has 1 fully saturated rings. The smallest absolute Gasteiger partial charge is 0.245 e. The molecule has 642 valence electrons. The molecule has 0 bridgehead atoms. The summed E-state index contributed by atoms with van der Waals surface area (Å²) in [4.78, 5) is 222. The van der Waals surface area contributed by atoms with Crippen molar-refractivity contribution in [1.82, 2.24) is 109 Å². The molecule has 14 amide bonds. The molecule has 0 aliphatic carbocycles. The number of amides is 14. The number of aromatic amines is 2. The molecule has 43 heteroatoms. The molecule has 11 atom stereocenters. The second-order valence-corrected chi connectivity index (χ2v) is 29.3. The van der Waals surface area contributed by atoms with E-state index in [1.165, 1.54) is 73.5 Å². The van der Waals surface area contributed by atoms with E-state index in [9.17, 15) is 58.2 Å². The van der Waals surface area contributed by atoms with E-state index in [1.54, 1.807) is 32.2 Å². The maximum absolute atomic E-state index is 15.3. The molecule has 119 heavy (non-hydrogen) atoms. The van der Waals surface area contributed by atoms with Crippen molar-refractivity contribution in [3.63, 3.8) is 0 Å². The van der Waals surface area contributed by atoms with Crippen LogP contribution in [0.25, 0.3) is 10.8 Å². The maximum Gasteiger partial charge on any atom is 0.245 e. The van der Waals surface area contributed by atoms with Crippen molar-refractivity contribution in [2.45, 2.75) is 164 Å². The number of fused-ring (bicyclic) bond motifs is 1. The molecular formula is C76H106N26O16S. The van der Waals surface area contributed by atoms with Gasteiger partial charge in [-0.25, -0.2) is 15.0 Å². The zero-order valence-corrected chi connectivity index (χ0v) is 67.1. The number of phenolic OH excluding ortho intramolecular Hbond substituents is 1. The number of aromatic nitrogens is 6. The first-order valence-corrected chi connectivity index (χ1v) is 39.7. The van der Waals surface area contributed by atoms with E-state index in [2.05, 4.69) is 99.4 Å². The molecule has 7 rings (SSSR count). The van der Waals surface area contributed by atoms with Crippen molar-refractivity contribution < 1.29 is 77.3 Å². The number of aryl methyl sites for hydroxylation is 1. The maximum atomic E-state index is 15.3. The van der Waals surface area contributed by atoms with E-state index < -0.39 is 192 Å². The highest BCUT2D eigenvalue weighted by Gasteiger charge is 2.39. The molecule has 42 nitrogen and oxygen atoms in total. The first kappa shape index (κ1) is 92.9. The Balaban J connectivity index is 1.30. The number of aliphatic hydroxyl groups is 1. The van der Waals surface area contributed by atoms with Gasteiger partial charge in [0, 0.05) is 89.3 Å². The number of nitrogens with zero attached hydrogens (tertiary/aromatic N) is 5. The Morgan fingerprint density at radius 2 is 1.07 bits per heavy atom. The number of rotatable bonds is 26. The SMILES string of the molecule is CCCCC1NC(=O)CSCC(C(=O)NCC(N)=O)NC(=O)C(Cc2cncn2C)NC(=O)C(CCCNC(=N)N)NC(=O)C(Cc2c[nH]cn2)NC(=O)C(Cc2ccc(O)cc2)N(C)C(=O)C(CCCNC(=N)N)NC(=O)C(CO)NC(=O)CNC(=O)C(Cc2c[nH]cn2)NC(=O)C(Cc2cccc3ccccc23)NC(=O)C(CC)NC1=O. The second-order valence-electron chi connectivity index (χ2n) is 28.3. The molecule has 3 aromatic heterocycles. The van der Waals surface area contributed by atoms with Crippen LogP contribution in [0.5, 0.6) is 5.75 Å². The zero-order chi connectivity index (χ0) is 86.7. The van der Waals surface area contributed by atoms with Gasteiger partial charge in [-0.3, -0.25) is 77.9 Å². The van der Waals surface area contributed by atoms with E-state index in [-0.39, 0.29) is 101 Å². The van der Waals surface area contributed by atoms with Gasteiger partial charge in [-0.1, -0.05) is 81.3 Å². The van der Waals surface area contributed by atoms with Crippen molar-refractivity contribution in [2.24, 2.45) is 24.2 Å². The van der Waals surface area contributed by atoms with Crippen LogP contribution in [0.4, 0.5) is 0 Å².